The van der Waals surface area contributed by atoms with Gasteiger partial charge in [0.2, 0.25) is 5.91 Å². The van der Waals surface area contributed by atoms with E-state index in [2.05, 4.69) is 30.2 Å². The molecule has 0 aliphatic carbocycles. The van der Waals surface area contributed by atoms with E-state index < -0.39 is 0 Å². The highest BCUT2D eigenvalue weighted by Gasteiger charge is 2.38. The minimum atomic E-state index is -0.109. The highest BCUT2D eigenvalue weighted by Crippen LogP contribution is 2.36. The molecule has 0 spiro atoms. The van der Waals surface area contributed by atoms with Crippen LogP contribution in [0, 0.1) is 13.8 Å². The van der Waals surface area contributed by atoms with Crippen LogP contribution >= 0.6 is 11.3 Å². The number of carbonyl (C=O) groups excluding carboxylic acids is 1. The first-order valence-electron chi connectivity index (χ1n) is 10.3. The lowest BCUT2D eigenvalue weighted by molar-refractivity contribution is -0.117. The fourth-order valence-corrected chi connectivity index (χ4v) is 5.44. The number of methoxy groups -OCH3 is 1. The lowest BCUT2D eigenvalue weighted by atomic mass is 9.80. The number of fused-ring (bicyclic) bond motifs is 1. The summed E-state index contributed by atoms with van der Waals surface area (Å²) < 4.78 is 5.19. The van der Waals surface area contributed by atoms with E-state index in [1.165, 1.54) is 10.4 Å². The molecule has 156 valence electrons. The van der Waals surface area contributed by atoms with Gasteiger partial charge in [-0.15, -0.1) is 11.3 Å². The van der Waals surface area contributed by atoms with Crippen molar-refractivity contribution in [3.63, 3.8) is 0 Å². The van der Waals surface area contributed by atoms with Crippen LogP contribution in [-0.4, -0.2) is 54.1 Å². The second kappa shape index (κ2) is 8.13. The number of piperidine rings is 1. The van der Waals surface area contributed by atoms with E-state index in [-0.39, 0.29) is 11.3 Å². The SMILES string of the molecule is COCCN1C(=O)Cc2c(C)nc([C@]3(C)CCCN(Cc4sccc4C)C3)nc21. The standard InChI is InChI=1S/C22H30N4O2S/c1-15-6-11-29-18(15)13-25-8-5-7-22(3,14-25)21-23-16(2)17-12-19(27)26(9-10-28-4)20(17)24-21/h6,11H,5,7-10,12-14H2,1-4H3/t22-/m1/s1. The van der Waals surface area contributed by atoms with Gasteiger partial charge in [0.25, 0.3) is 0 Å². The Balaban J connectivity index is 1.60. The summed E-state index contributed by atoms with van der Waals surface area (Å²) in [5.41, 5.74) is 3.17. The highest BCUT2D eigenvalue weighted by atomic mass is 32.1. The average Bonchev–Trinajstić information content (AvgIpc) is 3.23. The van der Waals surface area contributed by atoms with E-state index in [1.54, 1.807) is 12.0 Å². The van der Waals surface area contributed by atoms with Crippen LogP contribution in [0.1, 0.15) is 47.3 Å². The Morgan fingerprint density at radius 1 is 1.31 bits per heavy atom. The zero-order chi connectivity index (χ0) is 20.6. The summed E-state index contributed by atoms with van der Waals surface area (Å²) in [6.07, 6.45) is 2.59. The molecular formula is C22H30N4O2S. The molecule has 1 amide bonds. The van der Waals surface area contributed by atoms with Crippen LogP contribution in [0.3, 0.4) is 0 Å². The number of amides is 1. The van der Waals surface area contributed by atoms with Gasteiger partial charge in [0.1, 0.15) is 11.6 Å². The maximum atomic E-state index is 12.5. The number of anilines is 1. The average molecular weight is 415 g/mol. The van der Waals surface area contributed by atoms with E-state index in [9.17, 15) is 4.79 Å². The van der Waals surface area contributed by atoms with E-state index in [4.69, 9.17) is 14.7 Å². The summed E-state index contributed by atoms with van der Waals surface area (Å²) in [4.78, 5) is 28.1. The number of carbonyl (C=O) groups is 1. The summed E-state index contributed by atoms with van der Waals surface area (Å²) in [6, 6.07) is 2.20. The van der Waals surface area contributed by atoms with Gasteiger partial charge in [-0.3, -0.25) is 14.6 Å². The molecule has 2 aliphatic heterocycles. The molecule has 4 rings (SSSR count). The molecular weight excluding hydrogens is 384 g/mol. The molecule has 7 heteroatoms. The van der Waals surface area contributed by atoms with Gasteiger partial charge in [-0.2, -0.15) is 0 Å². The number of rotatable bonds is 6. The van der Waals surface area contributed by atoms with Crippen molar-refractivity contribution in [2.24, 2.45) is 0 Å². The monoisotopic (exact) mass is 414 g/mol. The van der Waals surface area contributed by atoms with E-state index >= 15 is 0 Å². The maximum Gasteiger partial charge on any atom is 0.232 e. The van der Waals surface area contributed by atoms with Crippen LogP contribution in [-0.2, 0) is 27.9 Å². The minimum absolute atomic E-state index is 0.0928. The molecule has 4 heterocycles. The number of nitrogens with zero attached hydrogens (tertiary/aromatic N) is 4. The summed E-state index contributed by atoms with van der Waals surface area (Å²) in [6.45, 7) is 10.6. The number of thiophene rings is 1. The van der Waals surface area contributed by atoms with Crippen LogP contribution in [0.5, 0.6) is 0 Å². The van der Waals surface area contributed by atoms with Gasteiger partial charge >= 0.3 is 0 Å². The molecule has 0 radical (unpaired) electrons. The second-order valence-electron chi connectivity index (χ2n) is 8.55. The third kappa shape index (κ3) is 3.96. The lowest BCUT2D eigenvalue weighted by Crippen LogP contribution is -2.45. The van der Waals surface area contributed by atoms with Crippen molar-refractivity contribution in [3.8, 4) is 0 Å². The Kier molecular flexibility index (Phi) is 5.73. The van der Waals surface area contributed by atoms with E-state index in [0.29, 0.717) is 19.6 Å². The molecule has 6 nitrogen and oxygen atoms in total. The van der Waals surface area contributed by atoms with Gasteiger partial charge in [0.05, 0.1) is 19.6 Å². The summed E-state index contributed by atoms with van der Waals surface area (Å²) in [5.74, 6) is 1.76. The van der Waals surface area contributed by atoms with Crippen LogP contribution < -0.4 is 4.90 Å². The molecule has 0 N–H and O–H groups in total. The number of hydrogen-bond donors (Lipinski definition) is 0. The van der Waals surface area contributed by atoms with Crippen molar-refractivity contribution in [1.82, 2.24) is 14.9 Å². The summed E-state index contributed by atoms with van der Waals surface area (Å²) in [5, 5.41) is 2.17. The Labute approximate surface area is 176 Å². The quantitative estimate of drug-likeness (QED) is 0.726. The van der Waals surface area contributed by atoms with Crippen molar-refractivity contribution < 1.29 is 9.53 Å². The number of hydrogen-bond acceptors (Lipinski definition) is 6. The molecule has 1 fully saturated rings. The predicted octanol–water partition coefficient (Wildman–Crippen LogP) is 3.24. The van der Waals surface area contributed by atoms with Gasteiger partial charge in [0.15, 0.2) is 0 Å². The smallest absolute Gasteiger partial charge is 0.232 e. The summed E-state index contributed by atoms with van der Waals surface area (Å²) in [7, 11) is 1.66. The number of ether oxygens (including phenoxy) is 1. The largest absolute Gasteiger partial charge is 0.383 e. The van der Waals surface area contributed by atoms with Gasteiger partial charge < -0.3 is 4.74 Å². The second-order valence-corrected chi connectivity index (χ2v) is 9.55. The highest BCUT2D eigenvalue weighted by molar-refractivity contribution is 7.10. The zero-order valence-corrected chi connectivity index (χ0v) is 18.6. The molecule has 1 saturated heterocycles. The number of aromatic nitrogens is 2. The number of aryl methyl sites for hydroxylation is 2. The fourth-order valence-electron chi connectivity index (χ4n) is 4.49. The van der Waals surface area contributed by atoms with Crippen molar-refractivity contribution in [2.75, 3.05) is 38.3 Å². The van der Waals surface area contributed by atoms with Crippen LogP contribution in [0.15, 0.2) is 11.4 Å². The molecule has 2 aromatic rings. The van der Waals surface area contributed by atoms with Gasteiger partial charge in [0, 0.05) is 41.7 Å². The first kappa shape index (κ1) is 20.4. The Bertz CT molecular complexity index is 912. The fraction of sp³-hybridized carbons (Fsp3) is 0.591. The van der Waals surface area contributed by atoms with Crippen molar-refractivity contribution >= 4 is 23.1 Å². The Hall–Kier alpha value is -1.83. The Morgan fingerprint density at radius 2 is 2.14 bits per heavy atom. The molecule has 0 unspecified atom stereocenters. The van der Waals surface area contributed by atoms with Crippen LogP contribution in [0.4, 0.5) is 5.82 Å². The zero-order valence-electron chi connectivity index (χ0n) is 17.8. The normalized spacial score (nSPS) is 22.3. The van der Waals surface area contributed by atoms with Crippen molar-refractivity contribution in [2.45, 2.75) is 52.0 Å². The van der Waals surface area contributed by atoms with Crippen molar-refractivity contribution in [3.05, 3.63) is 39.0 Å². The molecule has 2 aliphatic rings. The summed E-state index contributed by atoms with van der Waals surface area (Å²) >= 11 is 1.84. The number of likely N-dealkylation sites (tertiary alicyclic amines) is 1. The third-order valence-electron chi connectivity index (χ3n) is 6.25. The van der Waals surface area contributed by atoms with E-state index in [1.807, 2.05) is 18.3 Å². The lowest BCUT2D eigenvalue weighted by Gasteiger charge is -2.39. The van der Waals surface area contributed by atoms with E-state index in [0.717, 1.165) is 55.4 Å². The molecule has 29 heavy (non-hydrogen) atoms. The van der Waals surface area contributed by atoms with Gasteiger partial charge in [-0.05, 0) is 50.2 Å². The first-order valence-corrected chi connectivity index (χ1v) is 11.2. The molecule has 2 aromatic heterocycles. The molecule has 0 saturated carbocycles. The third-order valence-corrected chi connectivity index (χ3v) is 7.25. The van der Waals surface area contributed by atoms with Gasteiger partial charge in [-0.25, -0.2) is 9.97 Å². The molecule has 0 bridgehead atoms. The van der Waals surface area contributed by atoms with Crippen LogP contribution in [0.25, 0.3) is 0 Å². The topological polar surface area (TPSA) is 58.6 Å². The maximum absolute atomic E-state index is 12.5. The predicted molar refractivity (Wildman–Crippen MR) is 116 cm³/mol. The van der Waals surface area contributed by atoms with Crippen LogP contribution in [0.2, 0.25) is 0 Å². The van der Waals surface area contributed by atoms with Crippen molar-refractivity contribution in [1.29, 1.82) is 0 Å². The Morgan fingerprint density at radius 3 is 2.86 bits per heavy atom. The first-order chi connectivity index (χ1) is 13.9. The molecule has 0 aromatic carbocycles. The van der Waals surface area contributed by atoms with Gasteiger partial charge in [-0.1, -0.05) is 6.92 Å². The minimum Gasteiger partial charge on any atom is -0.383 e. The molecule has 1 atom stereocenters.